The highest BCUT2D eigenvalue weighted by Gasteiger charge is 2.23. The van der Waals surface area contributed by atoms with Gasteiger partial charge in [0.05, 0.1) is 13.7 Å². The molecule has 0 saturated heterocycles. The molecule has 1 fully saturated rings. The summed E-state index contributed by atoms with van der Waals surface area (Å²) in [5.74, 6) is 2.42. The second-order valence-corrected chi connectivity index (χ2v) is 4.88. The predicted molar refractivity (Wildman–Crippen MR) is 68.6 cm³/mol. The quantitative estimate of drug-likeness (QED) is 0.823. The molecule has 1 aliphatic rings. The van der Waals surface area contributed by atoms with E-state index in [9.17, 15) is 0 Å². The van der Waals surface area contributed by atoms with Gasteiger partial charge >= 0.3 is 0 Å². The number of benzene rings is 1. The first kappa shape index (κ1) is 12.2. The summed E-state index contributed by atoms with van der Waals surface area (Å²) in [5.41, 5.74) is 7.00. The topological polar surface area (TPSA) is 44.5 Å². The van der Waals surface area contributed by atoms with Gasteiger partial charge in [-0.25, -0.2) is 0 Å². The summed E-state index contributed by atoms with van der Waals surface area (Å²) >= 11 is 0. The largest absolute Gasteiger partial charge is 0.493 e. The molecule has 1 unspecified atom stereocenters. The molecule has 1 atom stereocenters. The molecule has 0 bridgehead atoms. The van der Waals surface area contributed by atoms with Gasteiger partial charge in [-0.3, -0.25) is 0 Å². The normalized spacial score (nSPS) is 16.6. The molecule has 1 aliphatic carbocycles. The van der Waals surface area contributed by atoms with Gasteiger partial charge in [-0.15, -0.1) is 0 Å². The monoisotopic (exact) mass is 235 g/mol. The third-order valence-electron chi connectivity index (χ3n) is 2.98. The van der Waals surface area contributed by atoms with Crippen LogP contribution >= 0.6 is 0 Å². The lowest BCUT2D eigenvalue weighted by atomic mass is 10.1. The van der Waals surface area contributed by atoms with Gasteiger partial charge in [-0.1, -0.05) is 12.1 Å². The van der Waals surface area contributed by atoms with Crippen LogP contribution in [0, 0.1) is 5.92 Å². The van der Waals surface area contributed by atoms with Gasteiger partial charge < -0.3 is 15.2 Å². The van der Waals surface area contributed by atoms with E-state index in [4.69, 9.17) is 15.2 Å². The number of ether oxygens (including phenoxy) is 2. The molecule has 0 amide bonds. The van der Waals surface area contributed by atoms with Crippen molar-refractivity contribution in [1.29, 1.82) is 0 Å². The molecule has 0 aliphatic heterocycles. The van der Waals surface area contributed by atoms with Crippen LogP contribution < -0.4 is 15.2 Å². The van der Waals surface area contributed by atoms with Crippen molar-refractivity contribution in [2.75, 3.05) is 13.7 Å². The van der Waals surface area contributed by atoms with E-state index in [-0.39, 0.29) is 6.04 Å². The molecule has 3 nitrogen and oxygen atoms in total. The molecule has 1 aromatic rings. The summed E-state index contributed by atoms with van der Waals surface area (Å²) in [6.07, 6.45) is 3.40. The van der Waals surface area contributed by atoms with E-state index in [0.717, 1.165) is 36.0 Å². The van der Waals surface area contributed by atoms with E-state index < -0.39 is 0 Å². The zero-order chi connectivity index (χ0) is 12.3. The number of para-hydroxylation sites is 1. The lowest BCUT2D eigenvalue weighted by Crippen LogP contribution is -2.18. The molecule has 0 radical (unpaired) electrons. The summed E-state index contributed by atoms with van der Waals surface area (Å²) in [7, 11) is 1.68. The summed E-state index contributed by atoms with van der Waals surface area (Å²) in [5, 5.41) is 0. The minimum Gasteiger partial charge on any atom is -0.493 e. The van der Waals surface area contributed by atoms with Gasteiger partial charge in [-0.2, -0.15) is 0 Å². The maximum atomic E-state index is 5.90. The van der Waals surface area contributed by atoms with Crippen LogP contribution in [0.15, 0.2) is 18.2 Å². The summed E-state index contributed by atoms with van der Waals surface area (Å²) < 4.78 is 11.3. The van der Waals surface area contributed by atoms with Crippen LogP contribution in [-0.2, 0) is 6.42 Å². The molecule has 0 spiro atoms. The van der Waals surface area contributed by atoms with Gasteiger partial charge in [0.2, 0.25) is 0 Å². The maximum absolute atomic E-state index is 5.90. The van der Waals surface area contributed by atoms with Crippen molar-refractivity contribution < 1.29 is 9.47 Å². The zero-order valence-electron chi connectivity index (χ0n) is 10.6. The fraction of sp³-hybridized carbons (Fsp3) is 0.571. The minimum absolute atomic E-state index is 0.130. The van der Waals surface area contributed by atoms with Crippen LogP contribution in [0.2, 0.25) is 0 Å². The van der Waals surface area contributed by atoms with Crippen LogP contribution in [-0.4, -0.2) is 19.8 Å². The average Bonchev–Trinajstić information content (AvgIpc) is 3.10. The molecule has 0 aromatic heterocycles. The first-order chi connectivity index (χ1) is 8.20. The fourth-order valence-electron chi connectivity index (χ4n) is 1.88. The minimum atomic E-state index is 0.130. The van der Waals surface area contributed by atoms with Crippen molar-refractivity contribution in [3.8, 4) is 11.5 Å². The summed E-state index contributed by atoms with van der Waals surface area (Å²) in [6, 6.07) is 6.12. The van der Waals surface area contributed by atoms with Crippen LogP contribution in [0.1, 0.15) is 25.3 Å². The van der Waals surface area contributed by atoms with E-state index >= 15 is 0 Å². The smallest absolute Gasteiger partial charge is 0.164 e. The Bertz CT molecular complexity index is 372. The Balaban J connectivity index is 2.15. The molecular weight excluding hydrogens is 214 g/mol. The molecule has 2 rings (SSSR count). The molecule has 17 heavy (non-hydrogen) atoms. The van der Waals surface area contributed by atoms with Crippen molar-refractivity contribution in [3.63, 3.8) is 0 Å². The third-order valence-corrected chi connectivity index (χ3v) is 2.98. The number of hydrogen-bond acceptors (Lipinski definition) is 3. The van der Waals surface area contributed by atoms with Crippen molar-refractivity contribution >= 4 is 0 Å². The Morgan fingerprint density at radius 3 is 2.76 bits per heavy atom. The van der Waals surface area contributed by atoms with Crippen molar-refractivity contribution in [3.05, 3.63) is 23.8 Å². The molecular formula is C14H21NO2. The number of hydrogen-bond donors (Lipinski definition) is 1. The predicted octanol–water partition coefficient (Wildman–Crippen LogP) is 2.37. The molecule has 0 heterocycles. The highest BCUT2D eigenvalue weighted by molar-refractivity contribution is 5.47. The Morgan fingerprint density at radius 1 is 1.41 bits per heavy atom. The molecule has 1 aromatic carbocycles. The first-order valence-corrected chi connectivity index (χ1v) is 6.25. The fourth-order valence-corrected chi connectivity index (χ4v) is 1.88. The number of methoxy groups -OCH3 is 1. The summed E-state index contributed by atoms with van der Waals surface area (Å²) in [6.45, 7) is 2.80. The molecule has 2 N–H and O–H groups in total. The highest BCUT2D eigenvalue weighted by atomic mass is 16.5. The van der Waals surface area contributed by atoms with Gasteiger partial charge in [0.15, 0.2) is 11.5 Å². The van der Waals surface area contributed by atoms with Gasteiger partial charge in [0.1, 0.15) is 0 Å². The van der Waals surface area contributed by atoms with Crippen LogP contribution in [0.3, 0.4) is 0 Å². The molecule has 3 heteroatoms. The third kappa shape index (κ3) is 3.37. The van der Waals surface area contributed by atoms with Gasteiger partial charge in [0.25, 0.3) is 0 Å². The Morgan fingerprint density at radius 2 is 2.18 bits per heavy atom. The van der Waals surface area contributed by atoms with Crippen LogP contribution in [0.4, 0.5) is 0 Å². The van der Waals surface area contributed by atoms with Gasteiger partial charge in [0, 0.05) is 6.04 Å². The van der Waals surface area contributed by atoms with Crippen LogP contribution in [0.5, 0.6) is 11.5 Å². The number of rotatable bonds is 6. The Labute approximate surface area is 103 Å². The highest BCUT2D eigenvalue weighted by Crippen LogP contribution is 2.35. The molecule has 1 saturated carbocycles. The standard InChI is InChI=1S/C14H21NO2/c1-10(15)8-12-4-3-5-13(16-2)14(12)17-9-11-6-7-11/h3-5,10-11H,6-9,15H2,1-2H3. The SMILES string of the molecule is COc1cccc(CC(C)N)c1OCC1CC1. The second-order valence-electron chi connectivity index (χ2n) is 4.88. The van der Waals surface area contributed by atoms with Crippen molar-refractivity contribution in [2.24, 2.45) is 11.7 Å². The van der Waals surface area contributed by atoms with E-state index in [1.165, 1.54) is 12.8 Å². The van der Waals surface area contributed by atoms with Crippen molar-refractivity contribution in [1.82, 2.24) is 0 Å². The Hall–Kier alpha value is -1.22. The summed E-state index contributed by atoms with van der Waals surface area (Å²) in [4.78, 5) is 0. The van der Waals surface area contributed by atoms with E-state index in [2.05, 4.69) is 6.07 Å². The van der Waals surface area contributed by atoms with Crippen molar-refractivity contribution in [2.45, 2.75) is 32.2 Å². The average molecular weight is 235 g/mol. The Kier molecular flexibility index (Phi) is 3.89. The van der Waals surface area contributed by atoms with Crippen LogP contribution in [0.25, 0.3) is 0 Å². The van der Waals surface area contributed by atoms with E-state index in [0.29, 0.717) is 0 Å². The zero-order valence-corrected chi connectivity index (χ0v) is 10.6. The lowest BCUT2D eigenvalue weighted by Gasteiger charge is -2.16. The van der Waals surface area contributed by atoms with E-state index in [1.54, 1.807) is 7.11 Å². The first-order valence-electron chi connectivity index (χ1n) is 6.25. The maximum Gasteiger partial charge on any atom is 0.164 e. The molecule has 94 valence electrons. The lowest BCUT2D eigenvalue weighted by molar-refractivity contribution is 0.277. The second kappa shape index (κ2) is 5.41. The van der Waals surface area contributed by atoms with Gasteiger partial charge in [-0.05, 0) is 43.7 Å². The number of nitrogens with two attached hydrogens (primary N) is 1. The van der Waals surface area contributed by atoms with E-state index in [1.807, 2.05) is 19.1 Å².